The second-order valence-electron chi connectivity index (χ2n) is 9.15. The Bertz CT molecular complexity index is 1140. The van der Waals surface area contributed by atoms with Crippen LogP contribution in [0.1, 0.15) is 62.5 Å². The topological polar surface area (TPSA) is 92.2 Å². The van der Waals surface area contributed by atoms with Gasteiger partial charge in [0.05, 0.1) is 18.7 Å². The molecule has 1 N–H and O–H groups in total. The zero-order valence-corrected chi connectivity index (χ0v) is 19.5. The highest BCUT2D eigenvalue weighted by atomic mass is 16.5. The van der Waals surface area contributed by atoms with E-state index in [9.17, 15) is 4.79 Å². The first kappa shape index (κ1) is 22.0. The lowest BCUT2D eigenvalue weighted by Crippen LogP contribution is -2.49. The lowest BCUT2D eigenvalue weighted by Gasteiger charge is -2.38. The van der Waals surface area contributed by atoms with Gasteiger partial charge in [-0.2, -0.15) is 0 Å². The van der Waals surface area contributed by atoms with E-state index in [4.69, 9.17) is 4.74 Å². The van der Waals surface area contributed by atoms with Gasteiger partial charge in [0.15, 0.2) is 5.82 Å². The first-order valence-electron chi connectivity index (χ1n) is 12.1. The molecule has 1 saturated carbocycles. The molecule has 0 spiro atoms. The summed E-state index contributed by atoms with van der Waals surface area (Å²) < 4.78 is 7.34. The molecule has 1 atom stereocenters. The molecular formula is C24H33N7O2. The molecule has 9 nitrogen and oxygen atoms in total. The van der Waals surface area contributed by atoms with E-state index in [0.717, 1.165) is 68.0 Å². The molecular weight excluding hydrogens is 418 g/mol. The number of hydrogen-bond donors (Lipinski definition) is 1. The third-order valence-electron chi connectivity index (χ3n) is 7.28. The van der Waals surface area contributed by atoms with Crippen molar-refractivity contribution in [2.24, 2.45) is 0 Å². The van der Waals surface area contributed by atoms with E-state index in [-0.39, 0.29) is 11.6 Å². The Balaban J connectivity index is 1.59. The summed E-state index contributed by atoms with van der Waals surface area (Å²) in [5.74, 6) is 1.50. The maximum atomic E-state index is 13.4. The normalized spacial score (nSPS) is 19.7. The molecule has 1 saturated heterocycles. The number of nitrogens with zero attached hydrogens (tertiary/aromatic N) is 6. The average Bonchev–Trinajstić information content (AvgIpc) is 3.34. The highest BCUT2D eigenvalue weighted by molar-refractivity contribution is 5.80. The van der Waals surface area contributed by atoms with Gasteiger partial charge in [-0.1, -0.05) is 26.2 Å². The molecule has 0 amide bonds. The van der Waals surface area contributed by atoms with Gasteiger partial charge in [0.25, 0.3) is 5.56 Å². The number of pyridine rings is 1. The summed E-state index contributed by atoms with van der Waals surface area (Å²) in [5.41, 5.74) is 1.37. The van der Waals surface area contributed by atoms with Crippen LogP contribution in [0.3, 0.4) is 0 Å². The third kappa shape index (κ3) is 4.39. The molecule has 0 bridgehead atoms. The minimum atomic E-state index is -0.281. The SMILES string of the molecule is CCN1CCN([C@H](c2cc3ccc(OC)cc3[nH]c2=O)c2nnnn2C2CCCCC2)CC1. The van der Waals surface area contributed by atoms with E-state index >= 15 is 0 Å². The van der Waals surface area contributed by atoms with Gasteiger partial charge in [-0.3, -0.25) is 9.69 Å². The van der Waals surface area contributed by atoms with Crippen LogP contribution in [0.15, 0.2) is 29.1 Å². The molecule has 2 fully saturated rings. The van der Waals surface area contributed by atoms with Gasteiger partial charge in [0.2, 0.25) is 0 Å². The van der Waals surface area contributed by atoms with Crippen molar-refractivity contribution in [2.45, 2.75) is 51.1 Å². The number of likely N-dealkylation sites (N-methyl/N-ethyl adjacent to an activating group) is 1. The number of aromatic nitrogens is 5. The minimum Gasteiger partial charge on any atom is -0.497 e. The van der Waals surface area contributed by atoms with Crippen molar-refractivity contribution in [3.05, 3.63) is 46.0 Å². The van der Waals surface area contributed by atoms with Crippen LogP contribution < -0.4 is 10.3 Å². The number of H-pyrrole nitrogens is 1. The maximum Gasteiger partial charge on any atom is 0.253 e. The second kappa shape index (κ2) is 9.61. The molecule has 0 unspecified atom stereocenters. The van der Waals surface area contributed by atoms with Crippen molar-refractivity contribution in [3.8, 4) is 5.75 Å². The first-order valence-corrected chi connectivity index (χ1v) is 12.1. The Morgan fingerprint density at radius 3 is 2.64 bits per heavy atom. The van der Waals surface area contributed by atoms with Gasteiger partial charge in [-0.15, -0.1) is 5.10 Å². The summed E-state index contributed by atoms with van der Waals surface area (Å²) in [6.07, 6.45) is 5.83. The summed E-state index contributed by atoms with van der Waals surface area (Å²) in [4.78, 5) is 21.3. The van der Waals surface area contributed by atoms with Gasteiger partial charge < -0.3 is 14.6 Å². The Kier molecular flexibility index (Phi) is 6.41. The summed E-state index contributed by atoms with van der Waals surface area (Å²) in [5, 5.41) is 14.0. The van der Waals surface area contributed by atoms with Crippen molar-refractivity contribution in [2.75, 3.05) is 39.8 Å². The van der Waals surface area contributed by atoms with E-state index in [0.29, 0.717) is 11.6 Å². The molecule has 3 aromatic rings. The van der Waals surface area contributed by atoms with Crippen LogP contribution in [0, 0.1) is 0 Å². The van der Waals surface area contributed by atoms with E-state index in [2.05, 4.69) is 37.2 Å². The number of aromatic amines is 1. The Labute approximate surface area is 193 Å². The highest BCUT2D eigenvalue weighted by Crippen LogP contribution is 2.33. The van der Waals surface area contributed by atoms with Crippen LogP contribution in [0.2, 0.25) is 0 Å². The molecule has 33 heavy (non-hydrogen) atoms. The van der Waals surface area contributed by atoms with Crippen molar-refractivity contribution in [1.82, 2.24) is 35.0 Å². The average molecular weight is 452 g/mol. The third-order valence-corrected chi connectivity index (χ3v) is 7.28. The maximum absolute atomic E-state index is 13.4. The molecule has 2 aromatic heterocycles. The van der Waals surface area contributed by atoms with Gasteiger partial charge in [0, 0.05) is 37.8 Å². The number of ether oxygens (including phenoxy) is 1. The summed E-state index contributed by atoms with van der Waals surface area (Å²) in [6.45, 7) is 6.92. The quantitative estimate of drug-likeness (QED) is 0.616. The van der Waals surface area contributed by atoms with Crippen molar-refractivity contribution >= 4 is 10.9 Å². The van der Waals surface area contributed by atoms with Crippen molar-refractivity contribution in [3.63, 3.8) is 0 Å². The van der Waals surface area contributed by atoms with Crippen LogP contribution in [0.5, 0.6) is 5.75 Å². The van der Waals surface area contributed by atoms with Crippen LogP contribution in [0.25, 0.3) is 10.9 Å². The molecule has 0 radical (unpaired) electrons. The summed E-state index contributed by atoms with van der Waals surface area (Å²) in [6, 6.07) is 7.80. The number of nitrogens with one attached hydrogen (secondary N) is 1. The van der Waals surface area contributed by atoms with Crippen LogP contribution in [-0.4, -0.2) is 74.8 Å². The number of tetrazole rings is 1. The van der Waals surface area contributed by atoms with Gasteiger partial charge in [0.1, 0.15) is 11.8 Å². The van der Waals surface area contributed by atoms with E-state index in [1.54, 1.807) is 7.11 Å². The van der Waals surface area contributed by atoms with Gasteiger partial charge in [-0.25, -0.2) is 4.68 Å². The zero-order chi connectivity index (χ0) is 22.8. The molecule has 1 aliphatic heterocycles. The molecule has 9 heteroatoms. The number of rotatable bonds is 6. The molecule has 176 valence electrons. The smallest absolute Gasteiger partial charge is 0.253 e. The standard InChI is InChI=1S/C24H33N7O2/c1-3-29-11-13-30(14-12-29)22(23-26-27-28-31(23)18-7-5-4-6-8-18)20-15-17-9-10-19(33-2)16-21(17)25-24(20)32/h9-10,15-16,18,22H,3-8,11-14H2,1-2H3,(H,25,32)/t22-/m1/s1. The number of hydrogen-bond acceptors (Lipinski definition) is 7. The number of methoxy groups -OCH3 is 1. The van der Waals surface area contributed by atoms with Crippen LogP contribution in [-0.2, 0) is 0 Å². The lowest BCUT2D eigenvalue weighted by molar-refractivity contribution is 0.106. The fraction of sp³-hybridized carbons (Fsp3) is 0.583. The van der Waals surface area contributed by atoms with Gasteiger partial charge in [-0.05, 0) is 53.4 Å². The van der Waals surface area contributed by atoms with E-state index in [1.807, 2.05) is 28.9 Å². The number of piperazine rings is 1. The molecule has 1 aromatic carbocycles. The predicted molar refractivity (Wildman–Crippen MR) is 127 cm³/mol. The monoisotopic (exact) mass is 451 g/mol. The van der Waals surface area contributed by atoms with Crippen molar-refractivity contribution in [1.29, 1.82) is 0 Å². The minimum absolute atomic E-state index is 0.100. The molecule has 5 rings (SSSR count). The lowest BCUT2D eigenvalue weighted by atomic mass is 9.95. The van der Waals surface area contributed by atoms with E-state index < -0.39 is 0 Å². The molecule has 1 aliphatic carbocycles. The Morgan fingerprint density at radius 1 is 1.12 bits per heavy atom. The van der Waals surface area contributed by atoms with Crippen LogP contribution in [0.4, 0.5) is 0 Å². The Morgan fingerprint density at radius 2 is 1.91 bits per heavy atom. The van der Waals surface area contributed by atoms with Gasteiger partial charge >= 0.3 is 0 Å². The number of benzene rings is 1. The van der Waals surface area contributed by atoms with Crippen LogP contribution >= 0.6 is 0 Å². The summed E-state index contributed by atoms with van der Waals surface area (Å²) in [7, 11) is 1.63. The largest absolute Gasteiger partial charge is 0.497 e. The Hall–Kier alpha value is -2.78. The van der Waals surface area contributed by atoms with E-state index in [1.165, 1.54) is 19.3 Å². The molecule has 3 heterocycles. The second-order valence-corrected chi connectivity index (χ2v) is 9.15. The van der Waals surface area contributed by atoms with Crippen molar-refractivity contribution < 1.29 is 4.74 Å². The highest BCUT2D eigenvalue weighted by Gasteiger charge is 2.34. The zero-order valence-electron chi connectivity index (χ0n) is 19.5. The molecule has 2 aliphatic rings. The predicted octanol–water partition coefficient (Wildman–Crippen LogP) is 2.76. The fourth-order valence-electron chi connectivity index (χ4n) is 5.33. The summed E-state index contributed by atoms with van der Waals surface area (Å²) >= 11 is 0. The fourth-order valence-corrected chi connectivity index (χ4v) is 5.33. The number of fused-ring (bicyclic) bond motifs is 1. The first-order chi connectivity index (χ1) is 16.2.